The maximum Gasteiger partial charge on any atom is 0.231 e. The van der Waals surface area contributed by atoms with Crippen LogP contribution >= 0.6 is 11.6 Å². The fraction of sp³-hybridized carbons (Fsp3) is 0.533. The van der Waals surface area contributed by atoms with Crippen LogP contribution in [0.1, 0.15) is 18.1 Å². The van der Waals surface area contributed by atoms with Gasteiger partial charge in [-0.1, -0.05) is 18.5 Å². The Morgan fingerprint density at radius 1 is 1.38 bits per heavy atom. The molecule has 116 valence electrons. The maximum atomic E-state index is 14.2. The zero-order chi connectivity index (χ0) is 15.6. The molecule has 0 spiro atoms. The Hall–Kier alpha value is -1.33. The molecule has 1 amide bonds. The number of benzene rings is 1. The van der Waals surface area contributed by atoms with Crippen molar-refractivity contribution in [1.29, 1.82) is 0 Å². The van der Waals surface area contributed by atoms with Gasteiger partial charge in [0, 0.05) is 37.4 Å². The summed E-state index contributed by atoms with van der Waals surface area (Å²) in [5.74, 6) is -0.634. The molecule has 0 bridgehead atoms. The van der Waals surface area contributed by atoms with Crippen molar-refractivity contribution in [2.75, 3.05) is 37.6 Å². The minimum atomic E-state index is -0.320. The van der Waals surface area contributed by atoms with Crippen LogP contribution in [0.15, 0.2) is 6.07 Å². The number of nitrogens with two attached hydrogens (primary N) is 1. The minimum absolute atomic E-state index is 0.181. The van der Waals surface area contributed by atoms with Crippen LogP contribution in [0.2, 0.25) is 5.02 Å². The minimum Gasteiger partial charge on any atom is -0.369 e. The molecule has 0 unspecified atom stereocenters. The van der Waals surface area contributed by atoms with Crippen molar-refractivity contribution in [3.05, 3.63) is 28.0 Å². The van der Waals surface area contributed by atoms with Crippen LogP contribution in [-0.2, 0) is 11.2 Å². The fourth-order valence-electron chi connectivity index (χ4n) is 2.92. The molecule has 1 fully saturated rings. The zero-order valence-electron chi connectivity index (χ0n) is 12.5. The van der Waals surface area contributed by atoms with E-state index < -0.39 is 0 Å². The molecule has 21 heavy (non-hydrogen) atoms. The number of carbonyl (C=O) groups excluding carboxylic acids is 1. The van der Waals surface area contributed by atoms with Crippen LogP contribution in [0, 0.1) is 12.7 Å². The number of amides is 1. The number of anilines is 1. The van der Waals surface area contributed by atoms with Gasteiger partial charge < -0.3 is 10.6 Å². The van der Waals surface area contributed by atoms with Gasteiger partial charge in [0.15, 0.2) is 0 Å². The van der Waals surface area contributed by atoms with E-state index in [2.05, 4.69) is 4.90 Å². The van der Waals surface area contributed by atoms with Gasteiger partial charge in [-0.2, -0.15) is 0 Å². The molecule has 4 nitrogen and oxygen atoms in total. The van der Waals surface area contributed by atoms with Crippen LogP contribution in [0.4, 0.5) is 10.1 Å². The first-order chi connectivity index (χ1) is 9.93. The van der Waals surface area contributed by atoms with E-state index in [1.54, 1.807) is 6.07 Å². The lowest BCUT2D eigenvalue weighted by molar-refractivity contribution is -0.119. The van der Waals surface area contributed by atoms with Crippen LogP contribution in [0.3, 0.4) is 0 Å². The number of aryl methyl sites for hydroxylation is 1. The van der Waals surface area contributed by atoms with E-state index in [0.29, 0.717) is 12.0 Å². The molecule has 1 saturated heterocycles. The first-order valence-electron chi connectivity index (χ1n) is 7.17. The lowest BCUT2D eigenvalue weighted by Crippen LogP contribution is -2.49. The number of primary amides is 1. The summed E-state index contributed by atoms with van der Waals surface area (Å²) in [6.45, 7) is 7.16. The van der Waals surface area contributed by atoms with Crippen molar-refractivity contribution in [3.8, 4) is 0 Å². The molecule has 0 atom stereocenters. The topological polar surface area (TPSA) is 49.6 Å². The molecule has 0 radical (unpaired) electrons. The summed E-state index contributed by atoms with van der Waals surface area (Å²) < 4.78 is 14.2. The highest BCUT2D eigenvalue weighted by molar-refractivity contribution is 6.31. The summed E-state index contributed by atoms with van der Waals surface area (Å²) in [6.07, 6.45) is 0.601. The highest BCUT2D eigenvalue weighted by Crippen LogP contribution is 2.33. The van der Waals surface area contributed by atoms with E-state index in [9.17, 15) is 9.18 Å². The number of rotatable bonds is 4. The highest BCUT2D eigenvalue weighted by Gasteiger charge is 2.23. The standard InChI is InChI=1S/C15H21ClFN3O/c1-3-11-14(17)12(16)8-10(2)15(11)20-6-4-19(5-7-20)9-13(18)21/h8H,3-7,9H2,1-2H3,(H2,18,21). The van der Waals surface area contributed by atoms with Gasteiger partial charge >= 0.3 is 0 Å². The number of piperazine rings is 1. The average Bonchev–Trinajstić information content (AvgIpc) is 2.43. The molecule has 6 heteroatoms. The van der Waals surface area contributed by atoms with E-state index >= 15 is 0 Å². The van der Waals surface area contributed by atoms with E-state index in [1.807, 2.05) is 18.7 Å². The quantitative estimate of drug-likeness (QED) is 0.924. The molecule has 1 aromatic carbocycles. The lowest BCUT2D eigenvalue weighted by atomic mass is 10.0. The van der Waals surface area contributed by atoms with Gasteiger partial charge in [0.05, 0.1) is 11.6 Å². The number of nitrogens with zero attached hydrogens (tertiary/aromatic N) is 2. The third-order valence-corrected chi connectivity index (χ3v) is 4.17. The summed E-state index contributed by atoms with van der Waals surface area (Å²) in [4.78, 5) is 15.2. The Bertz CT molecular complexity index is 542. The van der Waals surface area contributed by atoms with Gasteiger partial charge in [-0.15, -0.1) is 0 Å². The first kappa shape index (κ1) is 16.0. The third-order valence-electron chi connectivity index (χ3n) is 3.90. The molecule has 2 rings (SSSR count). The van der Waals surface area contributed by atoms with Crippen LogP contribution in [0.5, 0.6) is 0 Å². The highest BCUT2D eigenvalue weighted by atomic mass is 35.5. The van der Waals surface area contributed by atoms with Crippen molar-refractivity contribution < 1.29 is 9.18 Å². The molecule has 1 aliphatic heterocycles. The average molecular weight is 314 g/mol. The number of carbonyl (C=O) groups is 1. The van der Waals surface area contributed by atoms with E-state index in [1.165, 1.54) is 0 Å². The molecule has 0 aromatic heterocycles. The number of hydrogen-bond acceptors (Lipinski definition) is 3. The van der Waals surface area contributed by atoms with Crippen molar-refractivity contribution in [2.45, 2.75) is 20.3 Å². The van der Waals surface area contributed by atoms with Crippen LogP contribution in [-0.4, -0.2) is 43.5 Å². The van der Waals surface area contributed by atoms with Crippen molar-refractivity contribution in [3.63, 3.8) is 0 Å². The van der Waals surface area contributed by atoms with Crippen LogP contribution in [0.25, 0.3) is 0 Å². The molecule has 2 N–H and O–H groups in total. The van der Waals surface area contributed by atoms with Gasteiger partial charge in [0.25, 0.3) is 0 Å². The van der Waals surface area contributed by atoms with Gasteiger partial charge in [-0.25, -0.2) is 4.39 Å². The second-order valence-electron chi connectivity index (χ2n) is 5.40. The van der Waals surface area contributed by atoms with Crippen molar-refractivity contribution in [1.82, 2.24) is 4.90 Å². The van der Waals surface area contributed by atoms with Gasteiger partial charge in [0.2, 0.25) is 5.91 Å². The molecular weight excluding hydrogens is 293 g/mol. The number of halogens is 2. The summed E-state index contributed by atoms with van der Waals surface area (Å²) in [5.41, 5.74) is 7.82. The molecule has 0 aliphatic carbocycles. The normalized spacial score (nSPS) is 16.3. The Kier molecular flexibility index (Phi) is 5.06. The molecule has 1 aromatic rings. The fourth-order valence-corrected chi connectivity index (χ4v) is 3.20. The summed E-state index contributed by atoms with van der Waals surface area (Å²) in [5, 5.41) is 0.181. The second kappa shape index (κ2) is 6.62. The Morgan fingerprint density at radius 2 is 2.00 bits per heavy atom. The number of hydrogen-bond donors (Lipinski definition) is 1. The van der Waals surface area contributed by atoms with Gasteiger partial charge in [-0.05, 0) is 25.0 Å². The van der Waals surface area contributed by atoms with E-state index in [-0.39, 0.29) is 23.3 Å². The lowest BCUT2D eigenvalue weighted by Gasteiger charge is -2.37. The molecule has 1 aliphatic rings. The van der Waals surface area contributed by atoms with Crippen molar-refractivity contribution >= 4 is 23.2 Å². The predicted molar refractivity (Wildman–Crippen MR) is 83.4 cm³/mol. The SMILES string of the molecule is CCc1c(F)c(Cl)cc(C)c1N1CCN(CC(N)=O)CC1. The largest absolute Gasteiger partial charge is 0.369 e. The molecule has 1 heterocycles. The van der Waals surface area contributed by atoms with Crippen LogP contribution < -0.4 is 10.6 Å². The Labute approximate surface area is 129 Å². The van der Waals surface area contributed by atoms with Gasteiger partial charge in [-0.3, -0.25) is 9.69 Å². The first-order valence-corrected chi connectivity index (χ1v) is 7.55. The van der Waals surface area contributed by atoms with E-state index in [0.717, 1.165) is 37.4 Å². The van der Waals surface area contributed by atoms with Gasteiger partial charge in [0.1, 0.15) is 5.82 Å². The van der Waals surface area contributed by atoms with Crippen molar-refractivity contribution in [2.24, 2.45) is 5.73 Å². The predicted octanol–water partition coefficient (Wildman–Crippen LogP) is 1.96. The molecular formula is C15H21ClFN3O. The summed E-state index contributed by atoms with van der Waals surface area (Å²) in [7, 11) is 0. The van der Waals surface area contributed by atoms with E-state index in [4.69, 9.17) is 17.3 Å². The summed E-state index contributed by atoms with van der Waals surface area (Å²) >= 11 is 5.94. The third kappa shape index (κ3) is 3.47. The smallest absolute Gasteiger partial charge is 0.231 e. The Balaban J connectivity index is 2.20. The second-order valence-corrected chi connectivity index (χ2v) is 5.81. The Morgan fingerprint density at radius 3 is 2.52 bits per heavy atom. The summed E-state index contributed by atoms with van der Waals surface area (Å²) in [6, 6.07) is 1.68. The maximum absolute atomic E-state index is 14.2. The molecule has 0 saturated carbocycles. The monoisotopic (exact) mass is 313 g/mol. The zero-order valence-corrected chi connectivity index (χ0v) is 13.2.